The molecule has 0 bridgehead atoms. The van der Waals surface area contributed by atoms with Crippen LogP contribution in [0, 0.1) is 0 Å². The third kappa shape index (κ3) is 2.33. The Morgan fingerprint density at radius 2 is 1.43 bits per heavy atom. The van der Waals surface area contributed by atoms with Gasteiger partial charge in [0.2, 0.25) is 16.7 Å². The molecule has 4 rings (SSSR count). The highest BCUT2D eigenvalue weighted by atomic mass is 35.5. The van der Waals surface area contributed by atoms with E-state index in [0.717, 1.165) is 27.8 Å². The van der Waals surface area contributed by atoms with Crippen molar-refractivity contribution in [3.05, 3.63) is 66.7 Å². The Morgan fingerprint density at radius 1 is 0.739 bits per heavy atom. The molecule has 114 valence electrons. The summed E-state index contributed by atoms with van der Waals surface area (Å²) in [6, 6.07) is 22.0. The summed E-state index contributed by atoms with van der Waals surface area (Å²) in [5.41, 5.74) is 17.8. The van der Waals surface area contributed by atoms with Gasteiger partial charge in [-0.2, -0.15) is 0 Å². The van der Waals surface area contributed by atoms with E-state index in [9.17, 15) is 0 Å². The molecule has 0 saturated heterocycles. The predicted molar refractivity (Wildman–Crippen MR) is 89.6 cm³/mol. The molecule has 0 fully saturated rings. The summed E-state index contributed by atoms with van der Waals surface area (Å²) < 4.78 is 2.16. The molecule has 23 heavy (non-hydrogen) atoms. The van der Waals surface area contributed by atoms with Gasteiger partial charge in [-0.1, -0.05) is 30.3 Å². The second-order valence-electron chi connectivity index (χ2n) is 5.21. The first-order chi connectivity index (χ1) is 10.8. The normalized spacial score (nSPS) is 10.6. The summed E-state index contributed by atoms with van der Waals surface area (Å²) in [4.78, 5) is 4.70. The third-order valence-corrected chi connectivity index (χ3v) is 3.84. The molecule has 0 spiro atoms. The van der Waals surface area contributed by atoms with Crippen molar-refractivity contribution in [2.24, 2.45) is 0 Å². The summed E-state index contributed by atoms with van der Waals surface area (Å²) in [7, 11) is 0. The molecule has 0 amide bonds. The van der Waals surface area contributed by atoms with Crippen LogP contribution < -0.4 is 28.4 Å². The first kappa shape index (κ1) is 15.1. The Labute approximate surface area is 139 Å². The topological polar surface area (TPSA) is 68.8 Å². The number of hydrogen-bond donors (Lipinski definition) is 2. The average molecular weight is 323 g/mol. The molecule has 0 atom stereocenters. The van der Waals surface area contributed by atoms with Gasteiger partial charge >= 0.3 is 0 Å². The van der Waals surface area contributed by atoms with Crippen LogP contribution in [0.1, 0.15) is 0 Å². The first-order valence-corrected chi connectivity index (χ1v) is 7.09. The van der Waals surface area contributed by atoms with Crippen molar-refractivity contribution in [3.8, 4) is 5.69 Å². The molecular formula is C18H15ClN4. The largest absolute Gasteiger partial charge is 1.00 e. The molecule has 0 aliphatic carbocycles. The molecule has 4 N–H and O–H groups in total. The molecule has 1 aromatic heterocycles. The monoisotopic (exact) mass is 322 g/mol. The molecule has 4 nitrogen and oxygen atoms in total. The molecule has 3 aromatic carbocycles. The number of benzene rings is 3. The fourth-order valence-electron chi connectivity index (χ4n) is 2.76. The second kappa shape index (κ2) is 5.74. The van der Waals surface area contributed by atoms with Gasteiger partial charge in [-0.3, -0.25) is 0 Å². The lowest BCUT2D eigenvalue weighted by Crippen LogP contribution is -3.00. The quantitative estimate of drug-likeness (QED) is 0.290. The van der Waals surface area contributed by atoms with Gasteiger partial charge in [0.1, 0.15) is 5.52 Å². The van der Waals surface area contributed by atoms with Gasteiger partial charge in [-0.05, 0) is 12.1 Å². The van der Waals surface area contributed by atoms with Gasteiger partial charge in [0.15, 0.2) is 5.52 Å². The number of hydrogen-bond acceptors (Lipinski definition) is 3. The standard InChI is InChI=1S/C18H14N4.ClH/c19-13-10-11-16-18(17(13)20)21-14-8-4-5-9-15(14)22(16)12-6-2-1-3-7-12;/h1-11,20H,(H2,19,21);1H. The minimum atomic E-state index is 0. The summed E-state index contributed by atoms with van der Waals surface area (Å²) >= 11 is 0. The van der Waals surface area contributed by atoms with Crippen molar-refractivity contribution in [3.63, 3.8) is 0 Å². The minimum Gasteiger partial charge on any atom is -1.00 e. The van der Waals surface area contributed by atoms with Crippen molar-refractivity contribution in [2.45, 2.75) is 0 Å². The smallest absolute Gasteiger partial charge is 0.239 e. The van der Waals surface area contributed by atoms with Gasteiger partial charge in [0.25, 0.3) is 0 Å². The summed E-state index contributed by atoms with van der Waals surface area (Å²) in [6.07, 6.45) is 0. The lowest BCUT2D eigenvalue weighted by molar-refractivity contribution is -0.538. The van der Waals surface area contributed by atoms with Crippen LogP contribution in [0.5, 0.6) is 0 Å². The highest BCUT2D eigenvalue weighted by molar-refractivity contribution is 5.95. The number of halogens is 1. The van der Waals surface area contributed by atoms with E-state index in [2.05, 4.69) is 22.8 Å². The molecule has 4 aromatic rings. The van der Waals surface area contributed by atoms with Gasteiger partial charge < -0.3 is 23.9 Å². The molecule has 1 heterocycles. The molecular weight excluding hydrogens is 308 g/mol. The van der Waals surface area contributed by atoms with E-state index in [0.29, 0.717) is 11.4 Å². The van der Waals surface area contributed by atoms with E-state index in [1.165, 1.54) is 0 Å². The van der Waals surface area contributed by atoms with Crippen molar-refractivity contribution in [2.75, 3.05) is 11.5 Å². The van der Waals surface area contributed by atoms with Crippen LogP contribution in [-0.2, 0) is 0 Å². The molecule has 0 aliphatic heterocycles. The minimum absolute atomic E-state index is 0. The highest BCUT2D eigenvalue weighted by Crippen LogP contribution is 2.25. The van der Waals surface area contributed by atoms with Crippen LogP contribution in [0.2, 0.25) is 0 Å². The van der Waals surface area contributed by atoms with E-state index < -0.39 is 0 Å². The number of para-hydroxylation sites is 3. The summed E-state index contributed by atoms with van der Waals surface area (Å²) in [5.74, 6) is 0. The molecule has 5 heteroatoms. The van der Waals surface area contributed by atoms with Crippen molar-refractivity contribution < 1.29 is 17.0 Å². The average Bonchev–Trinajstić information content (AvgIpc) is 2.57. The Kier molecular flexibility index (Phi) is 3.76. The number of nitrogens with two attached hydrogens (primary N) is 2. The summed E-state index contributed by atoms with van der Waals surface area (Å²) in [6.45, 7) is 0. The number of nitrogen functional groups attached to an aromatic ring is 2. The number of fused-ring (bicyclic) bond motifs is 2. The van der Waals surface area contributed by atoms with E-state index in [-0.39, 0.29) is 12.4 Å². The SMILES string of the molecule is Nc1ccc2c(nc3ccccc3[n+]2-c2ccccc2)c1N.[Cl-]. The molecule has 0 radical (unpaired) electrons. The van der Waals surface area contributed by atoms with Crippen LogP contribution in [0.25, 0.3) is 27.8 Å². The number of rotatable bonds is 1. The number of nitrogens with zero attached hydrogens (tertiary/aromatic N) is 2. The Balaban J connectivity index is 0.00000156. The predicted octanol–water partition coefficient (Wildman–Crippen LogP) is -0.167. The first-order valence-electron chi connectivity index (χ1n) is 7.09. The second-order valence-corrected chi connectivity index (χ2v) is 5.21. The fourth-order valence-corrected chi connectivity index (χ4v) is 2.76. The van der Waals surface area contributed by atoms with Crippen molar-refractivity contribution in [1.82, 2.24) is 4.98 Å². The van der Waals surface area contributed by atoms with Crippen LogP contribution in [0.4, 0.5) is 11.4 Å². The fraction of sp³-hybridized carbons (Fsp3) is 0. The van der Waals surface area contributed by atoms with Gasteiger partial charge in [-0.25, -0.2) is 4.98 Å². The maximum Gasteiger partial charge on any atom is 0.239 e. The molecule has 0 aliphatic rings. The zero-order valence-corrected chi connectivity index (χ0v) is 13.0. The van der Waals surface area contributed by atoms with E-state index in [4.69, 9.17) is 16.5 Å². The lowest BCUT2D eigenvalue weighted by Gasteiger charge is -2.07. The Morgan fingerprint density at radius 3 is 2.22 bits per heavy atom. The van der Waals surface area contributed by atoms with Crippen LogP contribution >= 0.6 is 0 Å². The van der Waals surface area contributed by atoms with E-state index in [1.54, 1.807) is 0 Å². The molecule has 0 saturated carbocycles. The van der Waals surface area contributed by atoms with Gasteiger partial charge in [0, 0.05) is 24.3 Å². The number of anilines is 2. The van der Waals surface area contributed by atoms with Crippen molar-refractivity contribution in [1.29, 1.82) is 0 Å². The third-order valence-electron chi connectivity index (χ3n) is 3.84. The van der Waals surface area contributed by atoms with E-state index >= 15 is 0 Å². The lowest BCUT2D eigenvalue weighted by atomic mass is 10.1. The molecule has 0 unspecified atom stereocenters. The van der Waals surface area contributed by atoms with Crippen LogP contribution in [0.15, 0.2) is 66.7 Å². The zero-order chi connectivity index (χ0) is 15.1. The van der Waals surface area contributed by atoms with Crippen molar-refractivity contribution >= 4 is 33.4 Å². The van der Waals surface area contributed by atoms with Crippen LogP contribution in [-0.4, -0.2) is 4.98 Å². The van der Waals surface area contributed by atoms with Gasteiger partial charge in [-0.15, -0.1) is 4.57 Å². The maximum atomic E-state index is 6.16. The zero-order valence-electron chi connectivity index (χ0n) is 12.3. The Hall–Kier alpha value is -2.85. The van der Waals surface area contributed by atoms with E-state index in [1.807, 2.05) is 48.5 Å². The van der Waals surface area contributed by atoms with Crippen LogP contribution in [0.3, 0.4) is 0 Å². The maximum absolute atomic E-state index is 6.16. The summed E-state index contributed by atoms with van der Waals surface area (Å²) in [5, 5.41) is 0. The van der Waals surface area contributed by atoms with Gasteiger partial charge in [0.05, 0.1) is 11.4 Å². The highest BCUT2D eigenvalue weighted by Gasteiger charge is 2.20. The Bertz CT molecular complexity index is 1000. The number of aromatic nitrogens is 2.